The molecule has 0 unspecified atom stereocenters. The minimum absolute atomic E-state index is 0.0778. The van der Waals surface area contributed by atoms with Crippen molar-refractivity contribution in [2.45, 2.75) is 17.5 Å². The van der Waals surface area contributed by atoms with Crippen molar-refractivity contribution in [2.75, 3.05) is 4.72 Å². The highest BCUT2D eigenvalue weighted by Crippen LogP contribution is 2.34. The third kappa shape index (κ3) is 5.20. The minimum atomic E-state index is -4.69. The molecule has 4 nitrogen and oxygen atoms in total. The Kier molecular flexibility index (Phi) is 6.19. The molecule has 0 fully saturated rings. The number of hydrogen-bond acceptors (Lipinski definition) is 3. The molecule has 0 aromatic heterocycles. The van der Waals surface area contributed by atoms with Crippen molar-refractivity contribution in [2.24, 2.45) is 0 Å². The molecule has 0 spiro atoms. The molecule has 30 heavy (non-hydrogen) atoms. The Balaban J connectivity index is 2.15. The van der Waals surface area contributed by atoms with Crippen LogP contribution >= 0.6 is 11.6 Å². The van der Waals surface area contributed by atoms with E-state index < -0.39 is 39.7 Å². The normalized spacial score (nSPS) is 11.9. The zero-order valence-corrected chi connectivity index (χ0v) is 16.9. The summed E-state index contributed by atoms with van der Waals surface area (Å²) in [4.78, 5) is 12.7. The van der Waals surface area contributed by atoms with Crippen LogP contribution in [-0.2, 0) is 16.4 Å². The Labute approximate surface area is 176 Å². The zero-order chi connectivity index (χ0) is 21.9. The van der Waals surface area contributed by atoms with Crippen LogP contribution in [0, 0.1) is 0 Å². The fourth-order valence-corrected chi connectivity index (χ4v) is 4.19. The summed E-state index contributed by atoms with van der Waals surface area (Å²) in [5.41, 5.74) is -1.07. The van der Waals surface area contributed by atoms with Gasteiger partial charge in [-0.25, -0.2) is 8.42 Å². The number of ketones is 1. The number of halogens is 4. The Bertz CT molecular complexity index is 1170. The van der Waals surface area contributed by atoms with Crippen molar-refractivity contribution in [1.82, 2.24) is 0 Å². The fraction of sp³-hybridized carbons (Fsp3) is 0.0952. The molecule has 3 aromatic carbocycles. The summed E-state index contributed by atoms with van der Waals surface area (Å²) in [6.07, 6.45) is -6.20. The second-order valence-corrected chi connectivity index (χ2v) is 8.50. The van der Waals surface area contributed by atoms with Crippen LogP contribution in [-0.4, -0.2) is 20.4 Å². The fourth-order valence-electron chi connectivity index (χ4n) is 2.87. The van der Waals surface area contributed by atoms with Gasteiger partial charge in [0.15, 0.2) is 5.78 Å². The van der Waals surface area contributed by atoms with Gasteiger partial charge in [-0.2, -0.15) is 13.2 Å². The molecule has 3 rings (SSSR count). The van der Waals surface area contributed by atoms with Gasteiger partial charge < -0.3 is 0 Å². The Morgan fingerprint density at radius 3 is 2.07 bits per heavy atom. The SMILES string of the molecule is O=C(c1ccccc1)c1cc(Cl)cc(NS(=O)(=O)c2ccccc2)c1CC(F)(F)F. The van der Waals surface area contributed by atoms with E-state index in [2.05, 4.69) is 4.72 Å². The standard InChI is InChI=1S/C21H15ClF3NO3S/c22-15-11-17(20(27)14-7-3-1-4-8-14)18(13-21(23,24)25)19(12-15)26-30(28,29)16-9-5-2-6-10-16/h1-12,26H,13H2. The number of sulfonamides is 1. The van der Waals surface area contributed by atoms with Crippen molar-refractivity contribution >= 4 is 33.1 Å². The Morgan fingerprint density at radius 1 is 0.933 bits per heavy atom. The summed E-state index contributed by atoms with van der Waals surface area (Å²) in [5.74, 6) is -0.697. The van der Waals surface area contributed by atoms with Gasteiger partial charge in [-0.3, -0.25) is 9.52 Å². The summed E-state index contributed by atoms with van der Waals surface area (Å²) in [6.45, 7) is 0. The highest BCUT2D eigenvalue weighted by Gasteiger charge is 2.33. The van der Waals surface area contributed by atoms with E-state index in [9.17, 15) is 26.4 Å². The topological polar surface area (TPSA) is 63.2 Å². The first-order chi connectivity index (χ1) is 14.1. The van der Waals surface area contributed by atoms with Crippen molar-refractivity contribution in [3.8, 4) is 0 Å². The molecular formula is C21H15ClF3NO3S. The van der Waals surface area contributed by atoms with Crippen molar-refractivity contribution < 1.29 is 26.4 Å². The maximum absolute atomic E-state index is 13.3. The van der Waals surface area contributed by atoms with Gasteiger partial charge in [-0.1, -0.05) is 60.1 Å². The summed E-state index contributed by atoms with van der Waals surface area (Å²) in [5, 5.41) is -0.0778. The highest BCUT2D eigenvalue weighted by atomic mass is 35.5. The number of rotatable bonds is 6. The number of carbonyl (C=O) groups excluding carboxylic acids is 1. The smallest absolute Gasteiger partial charge is 0.289 e. The van der Waals surface area contributed by atoms with Crippen LogP contribution in [0.5, 0.6) is 0 Å². The molecule has 0 atom stereocenters. The van der Waals surface area contributed by atoms with Crippen LogP contribution in [0.25, 0.3) is 0 Å². The first-order valence-electron chi connectivity index (χ1n) is 8.63. The van der Waals surface area contributed by atoms with Gasteiger partial charge in [-0.05, 0) is 29.8 Å². The number of alkyl halides is 3. The van der Waals surface area contributed by atoms with Gasteiger partial charge in [0.2, 0.25) is 0 Å². The molecule has 0 heterocycles. The van der Waals surface area contributed by atoms with Crippen LogP contribution in [0.1, 0.15) is 21.5 Å². The van der Waals surface area contributed by atoms with Crippen LogP contribution in [0.4, 0.5) is 18.9 Å². The number of benzene rings is 3. The van der Waals surface area contributed by atoms with E-state index in [0.717, 1.165) is 12.1 Å². The summed E-state index contributed by atoms with van der Waals surface area (Å²) < 4.78 is 67.4. The first kappa shape index (κ1) is 21.9. The van der Waals surface area contributed by atoms with E-state index in [-0.39, 0.29) is 21.0 Å². The number of anilines is 1. The van der Waals surface area contributed by atoms with Crippen molar-refractivity contribution in [3.63, 3.8) is 0 Å². The minimum Gasteiger partial charge on any atom is -0.289 e. The molecule has 156 valence electrons. The highest BCUT2D eigenvalue weighted by molar-refractivity contribution is 7.92. The molecule has 9 heteroatoms. The molecule has 1 N–H and O–H groups in total. The van der Waals surface area contributed by atoms with E-state index in [1.54, 1.807) is 24.3 Å². The average Bonchev–Trinajstić information content (AvgIpc) is 2.69. The van der Waals surface area contributed by atoms with E-state index in [4.69, 9.17) is 11.6 Å². The van der Waals surface area contributed by atoms with E-state index in [0.29, 0.717) is 0 Å². The Morgan fingerprint density at radius 2 is 1.50 bits per heavy atom. The summed E-state index contributed by atoms with van der Waals surface area (Å²) in [6, 6.07) is 17.0. The van der Waals surface area contributed by atoms with Crippen LogP contribution in [0.2, 0.25) is 5.02 Å². The van der Waals surface area contributed by atoms with Crippen molar-refractivity contribution in [1.29, 1.82) is 0 Å². The molecule has 0 saturated heterocycles. The predicted molar refractivity (Wildman–Crippen MR) is 108 cm³/mol. The Hall–Kier alpha value is -2.84. The van der Waals surface area contributed by atoms with Crippen LogP contribution < -0.4 is 4.72 Å². The third-order valence-electron chi connectivity index (χ3n) is 4.17. The molecule has 3 aromatic rings. The predicted octanol–water partition coefficient (Wildman–Crippen LogP) is 5.48. The third-order valence-corrected chi connectivity index (χ3v) is 5.77. The molecule has 0 aliphatic heterocycles. The summed E-state index contributed by atoms with van der Waals surface area (Å²) >= 11 is 6.03. The second kappa shape index (κ2) is 8.49. The lowest BCUT2D eigenvalue weighted by atomic mass is 9.95. The average molecular weight is 454 g/mol. The largest absolute Gasteiger partial charge is 0.393 e. The molecular weight excluding hydrogens is 439 g/mol. The number of hydrogen-bond donors (Lipinski definition) is 1. The molecule has 0 aliphatic rings. The molecule has 0 bridgehead atoms. The van der Waals surface area contributed by atoms with Crippen molar-refractivity contribution in [3.05, 3.63) is 94.5 Å². The van der Waals surface area contributed by atoms with Gasteiger partial charge >= 0.3 is 6.18 Å². The van der Waals surface area contributed by atoms with Crippen LogP contribution in [0.3, 0.4) is 0 Å². The van der Waals surface area contributed by atoms with Crippen LogP contribution in [0.15, 0.2) is 77.7 Å². The molecule has 0 aliphatic carbocycles. The number of carbonyl (C=O) groups is 1. The van der Waals surface area contributed by atoms with E-state index in [1.807, 2.05) is 0 Å². The van der Waals surface area contributed by atoms with Gasteiger partial charge in [0.05, 0.1) is 17.0 Å². The number of nitrogens with one attached hydrogen (secondary N) is 1. The first-order valence-corrected chi connectivity index (χ1v) is 10.5. The molecule has 0 saturated carbocycles. The van der Waals surface area contributed by atoms with Gasteiger partial charge in [-0.15, -0.1) is 0 Å². The lowest BCUT2D eigenvalue weighted by Gasteiger charge is -2.18. The maximum atomic E-state index is 13.3. The van der Waals surface area contributed by atoms with E-state index in [1.165, 1.54) is 36.4 Å². The molecule has 0 radical (unpaired) electrons. The monoisotopic (exact) mass is 453 g/mol. The van der Waals surface area contributed by atoms with Gasteiger partial charge in [0.25, 0.3) is 10.0 Å². The quantitative estimate of drug-likeness (QED) is 0.503. The van der Waals surface area contributed by atoms with E-state index >= 15 is 0 Å². The van der Waals surface area contributed by atoms with Gasteiger partial charge in [0.1, 0.15) is 0 Å². The lowest BCUT2D eigenvalue weighted by Crippen LogP contribution is -2.20. The maximum Gasteiger partial charge on any atom is 0.393 e. The lowest BCUT2D eigenvalue weighted by molar-refractivity contribution is -0.127. The van der Waals surface area contributed by atoms with Gasteiger partial charge in [0, 0.05) is 16.1 Å². The molecule has 0 amide bonds. The summed E-state index contributed by atoms with van der Waals surface area (Å²) in [7, 11) is -4.20. The zero-order valence-electron chi connectivity index (χ0n) is 15.3. The second-order valence-electron chi connectivity index (χ2n) is 6.39.